The first-order valence-electron chi connectivity index (χ1n) is 5.08. The molecule has 0 saturated carbocycles. The van der Waals surface area contributed by atoms with Crippen molar-refractivity contribution in [3.63, 3.8) is 0 Å². The van der Waals surface area contributed by atoms with Crippen molar-refractivity contribution in [3.8, 4) is 0 Å². The molecule has 1 N–H and O–H groups in total. The Labute approximate surface area is 95.4 Å². The molecular weight excluding hydrogens is 204 g/mol. The lowest BCUT2D eigenvalue weighted by Crippen LogP contribution is -2.15. The maximum atomic E-state index is 11.3. The minimum Gasteiger partial charge on any atom is -0.452 e. The van der Waals surface area contributed by atoms with E-state index in [0.29, 0.717) is 5.57 Å². The van der Waals surface area contributed by atoms with Gasteiger partial charge in [-0.15, -0.1) is 0 Å². The van der Waals surface area contributed by atoms with Crippen LogP contribution >= 0.6 is 0 Å². The molecule has 0 spiro atoms. The number of aryl methyl sites for hydroxylation is 1. The molecule has 0 radical (unpaired) electrons. The molecule has 1 rings (SSSR count). The second-order valence-electron chi connectivity index (χ2n) is 3.77. The molecule has 3 heteroatoms. The monoisotopic (exact) mass is 220 g/mol. The van der Waals surface area contributed by atoms with Crippen molar-refractivity contribution in [1.29, 1.82) is 0 Å². The normalized spacial score (nSPS) is 11.9. The number of hydrogen-bond acceptors (Lipinski definition) is 3. The minimum atomic E-state index is -0.621. The van der Waals surface area contributed by atoms with E-state index in [0.717, 1.165) is 11.1 Å². The highest BCUT2D eigenvalue weighted by molar-refractivity contribution is 5.87. The summed E-state index contributed by atoms with van der Waals surface area (Å²) in [5, 5.41) is 9.17. The third-order valence-corrected chi connectivity index (χ3v) is 2.21. The van der Waals surface area contributed by atoms with Crippen LogP contribution in [0.3, 0.4) is 0 Å². The van der Waals surface area contributed by atoms with E-state index in [9.17, 15) is 9.90 Å². The fraction of sp³-hybridized carbons (Fsp3) is 0.308. The summed E-state index contributed by atoms with van der Waals surface area (Å²) in [5.41, 5.74) is 2.22. The molecule has 0 aliphatic carbocycles. The highest BCUT2D eigenvalue weighted by atomic mass is 16.6. The van der Waals surface area contributed by atoms with Gasteiger partial charge in [0.2, 0.25) is 0 Å². The minimum absolute atomic E-state index is 0.234. The Morgan fingerprint density at radius 1 is 1.44 bits per heavy atom. The topological polar surface area (TPSA) is 46.5 Å². The number of ether oxygens (including phenoxy) is 1. The number of aliphatic hydroxyl groups excluding tert-OH is 1. The van der Waals surface area contributed by atoms with Gasteiger partial charge in [-0.25, -0.2) is 4.79 Å². The van der Waals surface area contributed by atoms with Crippen LogP contribution in [0.4, 0.5) is 0 Å². The number of carbonyl (C=O) groups is 1. The van der Waals surface area contributed by atoms with Crippen LogP contribution in [0.5, 0.6) is 0 Å². The lowest BCUT2D eigenvalue weighted by atomic mass is 10.1. The summed E-state index contributed by atoms with van der Waals surface area (Å²) in [6.07, 6.45) is -0.621. The fourth-order valence-corrected chi connectivity index (χ4v) is 1.22. The summed E-state index contributed by atoms with van der Waals surface area (Å²) in [7, 11) is 0. The average Bonchev–Trinajstić information content (AvgIpc) is 2.26. The Hall–Kier alpha value is -1.61. The van der Waals surface area contributed by atoms with Gasteiger partial charge < -0.3 is 9.84 Å². The molecule has 0 heterocycles. The Morgan fingerprint density at radius 2 is 2.00 bits per heavy atom. The molecule has 1 unspecified atom stereocenters. The molecule has 3 nitrogen and oxygen atoms in total. The van der Waals surface area contributed by atoms with E-state index in [1.807, 2.05) is 31.2 Å². The van der Waals surface area contributed by atoms with Crippen molar-refractivity contribution >= 4 is 5.97 Å². The van der Waals surface area contributed by atoms with E-state index < -0.39 is 12.1 Å². The van der Waals surface area contributed by atoms with Crippen molar-refractivity contribution in [1.82, 2.24) is 0 Å². The van der Waals surface area contributed by atoms with Gasteiger partial charge in [0, 0.05) is 5.57 Å². The number of hydrogen-bond donors (Lipinski definition) is 1. The zero-order chi connectivity index (χ0) is 12.1. The van der Waals surface area contributed by atoms with Gasteiger partial charge in [-0.3, -0.25) is 0 Å². The summed E-state index contributed by atoms with van der Waals surface area (Å²) in [4.78, 5) is 11.3. The van der Waals surface area contributed by atoms with E-state index in [4.69, 9.17) is 4.74 Å². The largest absolute Gasteiger partial charge is 0.452 e. The van der Waals surface area contributed by atoms with Crippen LogP contribution in [0.1, 0.15) is 24.2 Å². The van der Waals surface area contributed by atoms with Gasteiger partial charge >= 0.3 is 5.97 Å². The number of esters is 1. The molecule has 16 heavy (non-hydrogen) atoms. The van der Waals surface area contributed by atoms with Gasteiger partial charge in [0.15, 0.2) is 6.10 Å². The SMILES string of the molecule is C=C(C)C(=O)OC(CO)c1ccc(C)cc1. The van der Waals surface area contributed by atoms with E-state index in [-0.39, 0.29) is 6.61 Å². The van der Waals surface area contributed by atoms with Crippen LogP contribution in [-0.4, -0.2) is 17.7 Å². The first-order valence-corrected chi connectivity index (χ1v) is 5.08. The Bertz CT molecular complexity index is 379. The number of rotatable bonds is 4. The van der Waals surface area contributed by atoms with Crippen molar-refractivity contribution < 1.29 is 14.6 Å². The van der Waals surface area contributed by atoms with Gasteiger partial charge in [-0.1, -0.05) is 36.4 Å². The lowest BCUT2D eigenvalue weighted by Gasteiger charge is -2.16. The van der Waals surface area contributed by atoms with Crippen molar-refractivity contribution in [3.05, 3.63) is 47.5 Å². The number of benzene rings is 1. The first-order chi connectivity index (χ1) is 7.54. The smallest absolute Gasteiger partial charge is 0.333 e. The number of aliphatic hydroxyl groups is 1. The molecule has 1 atom stereocenters. The van der Waals surface area contributed by atoms with Crippen LogP contribution in [0.2, 0.25) is 0 Å². The predicted octanol–water partition coefficient (Wildman–Crippen LogP) is 2.15. The zero-order valence-electron chi connectivity index (χ0n) is 9.56. The molecular formula is C13H16O3. The van der Waals surface area contributed by atoms with E-state index in [1.54, 1.807) is 6.92 Å². The van der Waals surface area contributed by atoms with Crippen molar-refractivity contribution in [2.75, 3.05) is 6.61 Å². The van der Waals surface area contributed by atoms with Crippen molar-refractivity contribution in [2.24, 2.45) is 0 Å². The molecule has 86 valence electrons. The van der Waals surface area contributed by atoms with Crippen LogP contribution < -0.4 is 0 Å². The van der Waals surface area contributed by atoms with Gasteiger partial charge in [0.05, 0.1) is 6.61 Å². The van der Waals surface area contributed by atoms with Crippen molar-refractivity contribution in [2.45, 2.75) is 20.0 Å². The Balaban J connectivity index is 2.78. The highest BCUT2D eigenvalue weighted by Gasteiger charge is 2.15. The van der Waals surface area contributed by atoms with E-state index in [2.05, 4.69) is 6.58 Å². The summed E-state index contributed by atoms with van der Waals surface area (Å²) in [5.74, 6) is -0.486. The molecule has 0 aromatic heterocycles. The maximum absolute atomic E-state index is 11.3. The highest BCUT2D eigenvalue weighted by Crippen LogP contribution is 2.18. The quantitative estimate of drug-likeness (QED) is 0.624. The molecule has 1 aromatic rings. The predicted molar refractivity (Wildman–Crippen MR) is 61.9 cm³/mol. The zero-order valence-corrected chi connectivity index (χ0v) is 9.56. The molecule has 0 amide bonds. The first kappa shape index (κ1) is 12.5. The summed E-state index contributed by atoms with van der Waals surface area (Å²) in [6.45, 7) is 6.81. The second kappa shape index (κ2) is 5.47. The maximum Gasteiger partial charge on any atom is 0.333 e. The van der Waals surface area contributed by atoms with Gasteiger partial charge in [0.25, 0.3) is 0 Å². The van der Waals surface area contributed by atoms with Crippen LogP contribution in [-0.2, 0) is 9.53 Å². The molecule has 0 saturated heterocycles. The summed E-state index contributed by atoms with van der Waals surface area (Å²) >= 11 is 0. The van der Waals surface area contributed by atoms with Gasteiger partial charge in [-0.2, -0.15) is 0 Å². The summed E-state index contributed by atoms with van der Waals surface area (Å²) in [6, 6.07) is 7.49. The Morgan fingerprint density at radius 3 is 2.44 bits per heavy atom. The van der Waals surface area contributed by atoms with Gasteiger partial charge in [-0.05, 0) is 19.4 Å². The fourth-order valence-electron chi connectivity index (χ4n) is 1.22. The van der Waals surface area contributed by atoms with E-state index in [1.165, 1.54) is 0 Å². The van der Waals surface area contributed by atoms with Crippen LogP contribution in [0.25, 0.3) is 0 Å². The standard InChI is InChI=1S/C13H16O3/c1-9(2)13(15)16-12(8-14)11-6-4-10(3)5-7-11/h4-7,12,14H,1,8H2,2-3H3. The third-order valence-electron chi connectivity index (χ3n) is 2.21. The molecule has 0 aliphatic heterocycles. The second-order valence-corrected chi connectivity index (χ2v) is 3.77. The lowest BCUT2D eigenvalue weighted by molar-refractivity contribution is -0.146. The number of carbonyl (C=O) groups excluding carboxylic acids is 1. The molecule has 0 bridgehead atoms. The van der Waals surface area contributed by atoms with Gasteiger partial charge in [0.1, 0.15) is 0 Å². The Kier molecular flexibility index (Phi) is 4.26. The molecule has 0 fully saturated rings. The average molecular weight is 220 g/mol. The third kappa shape index (κ3) is 3.21. The van der Waals surface area contributed by atoms with E-state index >= 15 is 0 Å². The van der Waals surface area contributed by atoms with Crippen LogP contribution in [0.15, 0.2) is 36.4 Å². The molecule has 0 aliphatic rings. The molecule has 1 aromatic carbocycles. The van der Waals surface area contributed by atoms with Crippen LogP contribution in [0, 0.1) is 6.92 Å². The summed E-state index contributed by atoms with van der Waals surface area (Å²) < 4.78 is 5.10.